The predicted octanol–water partition coefficient (Wildman–Crippen LogP) is 2.08. The number of aromatic nitrogens is 1. The topological polar surface area (TPSA) is 58.9 Å². The molecule has 2 aliphatic rings. The number of rotatable bonds is 0. The summed E-state index contributed by atoms with van der Waals surface area (Å²) >= 11 is 0. The third kappa shape index (κ3) is 1.98. The molecule has 0 aromatic carbocycles. The van der Waals surface area contributed by atoms with Crippen LogP contribution < -0.4 is 11.3 Å². The lowest BCUT2D eigenvalue weighted by Gasteiger charge is -2.38. The van der Waals surface area contributed by atoms with E-state index in [1.807, 2.05) is 6.07 Å². The van der Waals surface area contributed by atoms with Crippen molar-refractivity contribution in [2.45, 2.75) is 38.6 Å². The van der Waals surface area contributed by atoms with Crippen molar-refractivity contribution in [2.24, 2.45) is 11.7 Å². The van der Waals surface area contributed by atoms with Crippen LogP contribution in [0.2, 0.25) is 0 Å². The van der Waals surface area contributed by atoms with Crippen molar-refractivity contribution in [3.63, 3.8) is 0 Å². The SMILES string of the molecule is C/C=C1/C2C=C(C)C[C@]1(N)Cc1ccc(=O)[nH]c1C2. The molecule has 0 radical (unpaired) electrons. The van der Waals surface area contributed by atoms with Gasteiger partial charge in [0.25, 0.3) is 0 Å². The van der Waals surface area contributed by atoms with Gasteiger partial charge in [-0.1, -0.05) is 23.8 Å². The van der Waals surface area contributed by atoms with Gasteiger partial charge in [-0.05, 0) is 44.2 Å². The van der Waals surface area contributed by atoms with E-state index in [0.717, 1.165) is 25.0 Å². The zero-order valence-corrected chi connectivity index (χ0v) is 11.5. The Balaban J connectivity index is 2.18. The Kier molecular flexibility index (Phi) is 2.75. The molecule has 3 heteroatoms. The summed E-state index contributed by atoms with van der Waals surface area (Å²) in [5.74, 6) is 0.322. The first-order valence-electron chi connectivity index (χ1n) is 6.86. The van der Waals surface area contributed by atoms with Gasteiger partial charge in [0, 0.05) is 23.2 Å². The Morgan fingerprint density at radius 1 is 1.42 bits per heavy atom. The molecule has 100 valence electrons. The van der Waals surface area contributed by atoms with Gasteiger partial charge in [0.15, 0.2) is 0 Å². The number of aromatic amines is 1. The third-order valence-corrected chi connectivity index (χ3v) is 4.39. The van der Waals surface area contributed by atoms with E-state index in [1.54, 1.807) is 6.07 Å². The van der Waals surface area contributed by atoms with Crippen LogP contribution in [0, 0.1) is 5.92 Å². The summed E-state index contributed by atoms with van der Waals surface area (Å²) < 4.78 is 0. The van der Waals surface area contributed by atoms with Crippen molar-refractivity contribution in [1.82, 2.24) is 4.98 Å². The lowest BCUT2D eigenvalue weighted by molar-refractivity contribution is 0.439. The molecule has 0 amide bonds. The van der Waals surface area contributed by atoms with Gasteiger partial charge in [0.2, 0.25) is 5.56 Å². The smallest absolute Gasteiger partial charge is 0.248 e. The average Bonchev–Trinajstić information content (AvgIpc) is 2.38. The standard InChI is InChI=1S/C16H20N2O/c1-3-13-12-6-10(2)8-16(13,17)9-11-4-5-15(19)18-14(11)7-12/h3-6,12H,7-9,17H2,1-2H3,(H,18,19)/b13-3-/t12?,16-/m0/s1. The summed E-state index contributed by atoms with van der Waals surface area (Å²) in [6, 6.07) is 3.54. The van der Waals surface area contributed by atoms with E-state index >= 15 is 0 Å². The summed E-state index contributed by atoms with van der Waals surface area (Å²) in [5, 5.41) is 0. The molecule has 2 bridgehead atoms. The molecule has 19 heavy (non-hydrogen) atoms. The van der Waals surface area contributed by atoms with Crippen LogP contribution in [-0.4, -0.2) is 10.5 Å². The summed E-state index contributed by atoms with van der Waals surface area (Å²) in [4.78, 5) is 14.5. The zero-order chi connectivity index (χ0) is 13.6. The molecular formula is C16H20N2O. The zero-order valence-electron chi connectivity index (χ0n) is 11.5. The fraction of sp³-hybridized carbons (Fsp3) is 0.438. The molecule has 1 aromatic heterocycles. The quantitative estimate of drug-likeness (QED) is 0.698. The molecule has 1 aromatic rings. The average molecular weight is 256 g/mol. The Hall–Kier alpha value is -1.61. The second kappa shape index (κ2) is 4.20. The molecule has 0 aliphatic heterocycles. The number of fused-ring (bicyclic) bond motifs is 3. The molecule has 2 aliphatic carbocycles. The fourth-order valence-corrected chi connectivity index (χ4v) is 3.75. The predicted molar refractivity (Wildman–Crippen MR) is 77.0 cm³/mol. The van der Waals surface area contributed by atoms with Crippen LogP contribution in [0.5, 0.6) is 0 Å². The van der Waals surface area contributed by atoms with E-state index < -0.39 is 0 Å². The first kappa shape index (κ1) is 12.4. The van der Waals surface area contributed by atoms with Gasteiger partial charge in [0.1, 0.15) is 0 Å². The number of H-pyrrole nitrogens is 1. The molecule has 0 fully saturated rings. The molecular weight excluding hydrogens is 236 g/mol. The third-order valence-electron chi connectivity index (χ3n) is 4.39. The molecule has 0 saturated heterocycles. The molecule has 0 saturated carbocycles. The van der Waals surface area contributed by atoms with Crippen molar-refractivity contribution in [2.75, 3.05) is 0 Å². The number of nitrogens with one attached hydrogen (secondary N) is 1. The van der Waals surface area contributed by atoms with Crippen LogP contribution in [0.1, 0.15) is 31.5 Å². The summed E-state index contributed by atoms with van der Waals surface area (Å²) in [7, 11) is 0. The van der Waals surface area contributed by atoms with Gasteiger partial charge in [-0.25, -0.2) is 0 Å². The minimum Gasteiger partial charge on any atom is -0.326 e. The van der Waals surface area contributed by atoms with E-state index in [0.29, 0.717) is 5.92 Å². The molecule has 3 rings (SSSR count). The van der Waals surface area contributed by atoms with Crippen molar-refractivity contribution in [3.8, 4) is 0 Å². The van der Waals surface area contributed by atoms with Crippen LogP contribution in [-0.2, 0) is 12.8 Å². The van der Waals surface area contributed by atoms with Crippen LogP contribution in [0.4, 0.5) is 0 Å². The van der Waals surface area contributed by atoms with Gasteiger partial charge in [-0.2, -0.15) is 0 Å². The lowest BCUT2D eigenvalue weighted by Crippen LogP contribution is -2.47. The molecule has 1 heterocycles. The highest BCUT2D eigenvalue weighted by atomic mass is 16.1. The van der Waals surface area contributed by atoms with Gasteiger partial charge < -0.3 is 10.7 Å². The maximum absolute atomic E-state index is 11.5. The highest BCUT2D eigenvalue weighted by molar-refractivity contribution is 5.41. The van der Waals surface area contributed by atoms with Gasteiger partial charge in [-0.15, -0.1) is 0 Å². The molecule has 0 spiro atoms. The fourth-order valence-electron chi connectivity index (χ4n) is 3.75. The first-order valence-corrected chi connectivity index (χ1v) is 6.86. The minimum absolute atomic E-state index is 0.0241. The Labute approximate surface area is 113 Å². The van der Waals surface area contributed by atoms with E-state index in [9.17, 15) is 4.79 Å². The maximum atomic E-state index is 11.5. The van der Waals surface area contributed by atoms with Gasteiger partial charge in [-0.3, -0.25) is 4.79 Å². The monoisotopic (exact) mass is 256 g/mol. The number of allylic oxidation sites excluding steroid dienone is 2. The molecule has 2 atom stereocenters. The van der Waals surface area contributed by atoms with Gasteiger partial charge in [0.05, 0.1) is 0 Å². The first-order chi connectivity index (χ1) is 9.01. The highest BCUT2D eigenvalue weighted by Gasteiger charge is 2.39. The number of pyridine rings is 1. The van der Waals surface area contributed by atoms with Crippen LogP contribution >= 0.6 is 0 Å². The summed E-state index contributed by atoms with van der Waals surface area (Å²) in [6.45, 7) is 4.22. The van der Waals surface area contributed by atoms with Crippen molar-refractivity contribution >= 4 is 0 Å². The van der Waals surface area contributed by atoms with E-state index in [-0.39, 0.29) is 11.1 Å². The Bertz CT molecular complexity index is 638. The normalized spacial score (nSPS) is 31.6. The van der Waals surface area contributed by atoms with E-state index in [4.69, 9.17) is 5.73 Å². The van der Waals surface area contributed by atoms with E-state index in [1.165, 1.54) is 16.7 Å². The number of hydrogen-bond acceptors (Lipinski definition) is 2. The Morgan fingerprint density at radius 3 is 2.95 bits per heavy atom. The van der Waals surface area contributed by atoms with Crippen molar-refractivity contribution in [3.05, 3.63) is 57.0 Å². The largest absolute Gasteiger partial charge is 0.326 e. The molecule has 3 nitrogen and oxygen atoms in total. The summed E-state index contributed by atoms with van der Waals surface area (Å²) in [6.07, 6.45) is 7.03. The van der Waals surface area contributed by atoms with Crippen molar-refractivity contribution in [1.29, 1.82) is 0 Å². The van der Waals surface area contributed by atoms with Crippen LogP contribution in [0.3, 0.4) is 0 Å². The van der Waals surface area contributed by atoms with Gasteiger partial charge >= 0.3 is 0 Å². The highest BCUT2D eigenvalue weighted by Crippen LogP contribution is 2.41. The second-order valence-corrected chi connectivity index (χ2v) is 5.90. The number of nitrogens with two attached hydrogens (primary N) is 1. The van der Waals surface area contributed by atoms with Crippen LogP contribution in [0.25, 0.3) is 0 Å². The van der Waals surface area contributed by atoms with Crippen molar-refractivity contribution < 1.29 is 0 Å². The lowest BCUT2D eigenvalue weighted by atomic mass is 9.71. The minimum atomic E-state index is -0.290. The second-order valence-electron chi connectivity index (χ2n) is 5.90. The van der Waals surface area contributed by atoms with Crippen LogP contribution in [0.15, 0.2) is 40.2 Å². The molecule has 3 N–H and O–H groups in total. The molecule has 1 unspecified atom stereocenters. The van der Waals surface area contributed by atoms with E-state index in [2.05, 4.69) is 31.0 Å². The maximum Gasteiger partial charge on any atom is 0.248 e. The number of hydrogen-bond donors (Lipinski definition) is 2. The summed E-state index contributed by atoms with van der Waals surface area (Å²) in [5.41, 5.74) is 11.3. The Morgan fingerprint density at radius 2 is 2.21 bits per heavy atom.